The molecule has 0 unspecified atom stereocenters. The molecule has 50 heavy (non-hydrogen) atoms. The second-order valence-corrected chi connectivity index (χ2v) is 13.7. The summed E-state index contributed by atoms with van der Waals surface area (Å²) >= 11 is 0. The van der Waals surface area contributed by atoms with Crippen LogP contribution in [0.3, 0.4) is 0 Å². The molecule has 0 aromatic rings. The Hall–Kier alpha value is -2.40. The SMILES string of the molecule is CCCCCC=CCC=CCC=CCC=CCC=CCCC(=O)O[C@@H](CO)COC(=O)CCCCCCCCCCCCCCCCCCC. The lowest BCUT2D eigenvalue weighted by Crippen LogP contribution is -2.28. The lowest BCUT2D eigenvalue weighted by atomic mass is 10.0. The van der Waals surface area contributed by atoms with Gasteiger partial charge in [0, 0.05) is 12.8 Å². The van der Waals surface area contributed by atoms with Crippen LogP contribution in [0.1, 0.15) is 194 Å². The summed E-state index contributed by atoms with van der Waals surface area (Å²) in [5, 5.41) is 9.55. The number of unbranched alkanes of at least 4 members (excludes halogenated alkanes) is 19. The molecule has 5 heteroatoms. The van der Waals surface area contributed by atoms with Crippen molar-refractivity contribution in [2.45, 2.75) is 200 Å². The maximum absolute atomic E-state index is 12.1. The molecule has 1 N–H and O–H groups in total. The third kappa shape index (κ3) is 38.4. The molecule has 0 aliphatic heterocycles. The first kappa shape index (κ1) is 47.6. The molecule has 0 bridgehead atoms. The Balaban J connectivity index is 3.67. The molecule has 0 spiro atoms. The minimum Gasteiger partial charge on any atom is -0.462 e. The molecule has 0 fully saturated rings. The number of hydrogen-bond donors (Lipinski definition) is 1. The summed E-state index contributed by atoms with van der Waals surface area (Å²) in [4.78, 5) is 24.3. The van der Waals surface area contributed by atoms with Gasteiger partial charge in [-0.05, 0) is 51.4 Å². The first-order chi connectivity index (χ1) is 24.6. The van der Waals surface area contributed by atoms with E-state index in [1.807, 2.05) is 12.2 Å². The smallest absolute Gasteiger partial charge is 0.306 e. The molecule has 0 aliphatic carbocycles. The van der Waals surface area contributed by atoms with Crippen LogP contribution in [-0.4, -0.2) is 36.4 Å². The zero-order chi connectivity index (χ0) is 36.4. The minimum absolute atomic E-state index is 0.0953. The van der Waals surface area contributed by atoms with Crippen LogP contribution in [0.4, 0.5) is 0 Å². The molecule has 0 radical (unpaired) electrons. The van der Waals surface area contributed by atoms with Gasteiger partial charge in [-0.2, -0.15) is 0 Å². The molecule has 0 aromatic heterocycles. The van der Waals surface area contributed by atoms with Crippen LogP contribution in [0.15, 0.2) is 60.8 Å². The number of esters is 2. The fraction of sp³-hybridized carbons (Fsp3) is 0.733. The molecule has 0 rings (SSSR count). The van der Waals surface area contributed by atoms with Crippen LogP contribution in [-0.2, 0) is 19.1 Å². The van der Waals surface area contributed by atoms with Crippen molar-refractivity contribution in [2.24, 2.45) is 0 Å². The second kappa shape index (κ2) is 41.0. The molecule has 1 atom stereocenters. The van der Waals surface area contributed by atoms with E-state index in [4.69, 9.17) is 9.47 Å². The quantitative estimate of drug-likeness (QED) is 0.0397. The Morgan fingerprint density at radius 1 is 0.460 bits per heavy atom. The van der Waals surface area contributed by atoms with E-state index in [9.17, 15) is 14.7 Å². The Morgan fingerprint density at radius 3 is 1.28 bits per heavy atom. The van der Waals surface area contributed by atoms with E-state index in [2.05, 4.69) is 62.5 Å². The van der Waals surface area contributed by atoms with Crippen molar-refractivity contribution in [3.63, 3.8) is 0 Å². The molecule has 0 amide bonds. The summed E-state index contributed by atoms with van der Waals surface area (Å²) < 4.78 is 10.6. The van der Waals surface area contributed by atoms with Crippen LogP contribution >= 0.6 is 0 Å². The van der Waals surface area contributed by atoms with Crippen LogP contribution < -0.4 is 0 Å². The molecule has 0 aliphatic rings. The maximum Gasteiger partial charge on any atom is 0.306 e. The Bertz CT molecular complexity index is 884. The first-order valence-corrected chi connectivity index (χ1v) is 20.8. The Kier molecular flexibility index (Phi) is 39.1. The van der Waals surface area contributed by atoms with Crippen LogP contribution in [0, 0.1) is 0 Å². The van der Waals surface area contributed by atoms with Crippen LogP contribution in [0.2, 0.25) is 0 Å². The van der Waals surface area contributed by atoms with E-state index in [0.717, 1.165) is 44.9 Å². The van der Waals surface area contributed by atoms with Crippen LogP contribution in [0.5, 0.6) is 0 Å². The Morgan fingerprint density at radius 2 is 0.840 bits per heavy atom. The second-order valence-electron chi connectivity index (χ2n) is 13.7. The van der Waals surface area contributed by atoms with E-state index in [0.29, 0.717) is 12.8 Å². The average Bonchev–Trinajstić information content (AvgIpc) is 3.12. The van der Waals surface area contributed by atoms with E-state index in [1.54, 1.807) is 0 Å². The van der Waals surface area contributed by atoms with Gasteiger partial charge in [0.2, 0.25) is 0 Å². The van der Waals surface area contributed by atoms with Gasteiger partial charge in [0.15, 0.2) is 6.10 Å². The lowest BCUT2D eigenvalue weighted by Gasteiger charge is -2.15. The first-order valence-electron chi connectivity index (χ1n) is 20.8. The third-order valence-corrected chi connectivity index (χ3v) is 8.83. The van der Waals surface area contributed by atoms with Gasteiger partial charge in [0.05, 0.1) is 6.61 Å². The minimum atomic E-state index is -0.811. The van der Waals surface area contributed by atoms with E-state index < -0.39 is 12.1 Å². The van der Waals surface area contributed by atoms with Crippen molar-refractivity contribution in [3.05, 3.63) is 60.8 Å². The Labute approximate surface area is 309 Å². The summed E-state index contributed by atoms with van der Waals surface area (Å²) in [6.07, 6.45) is 52.9. The summed E-state index contributed by atoms with van der Waals surface area (Å²) in [7, 11) is 0. The van der Waals surface area contributed by atoms with Crippen molar-refractivity contribution in [2.75, 3.05) is 13.2 Å². The van der Waals surface area contributed by atoms with E-state index in [1.165, 1.54) is 116 Å². The van der Waals surface area contributed by atoms with Gasteiger partial charge in [-0.3, -0.25) is 9.59 Å². The highest BCUT2D eigenvalue weighted by atomic mass is 16.6. The lowest BCUT2D eigenvalue weighted by molar-refractivity contribution is -0.161. The monoisotopic (exact) mass is 699 g/mol. The molecule has 288 valence electrons. The predicted octanol–water partition coefficient (Wildman–Crippen LogP) is 13.2. The fourth-order valence-electron chi connectivity index (χ4n) is 5.65. The van der Waals surface area contributed by atoms with Gasteiger partial charge in [-0.15, -0.1) is 0 Å². The molecule has 5 nitrogen and oxygen atoms in total. The summed E-state index contributed by atoms with van der Waals surface area (Å²) in [6.45, 7) is 4.05. The highest BCUT2D eigenvalue weighted by Gasteiger charge is 2.15. The van der Waals surface area contributed by atoms with Gasteiger partial charge in [-0.25, -0.2) is 0 Å². The maximum atomic E-state index is 12.1. The molecule has 0 saturated carbocycles. The highest BCUT2D eigenvalue weighted by Crippen LogP contribution is 2.14. The zero-order valence-electron chi connectivity index (χ0n) is 32.6. The number of allylic oxidation sites excluding steroid dienone is 10. The van der Waals surface area contributed by atoms with Gasteiger partial charge in [0.1, 0.15) is 6.61 Å². The highest BCUT2D eigenvalue weighted by molar-refractivity contribution is 5.70. The van der Waals surface area contributed by atoms with Crippen molar-refractivity contribution >= 4 is 11.9 Å². The number of hydrogen-bond acceptors (Lipinski definition) is 5. The summed E-state index contributed by atoms with van der Waals surface area (Å²) in [5.41, 5.74) is 0. The third-order valence-electron chi connectivity index (χ3n) is 8.83. The van der Waals surface area contributed by atoms with E-state index >= 15 is 0 Å². The van der Waals surface area contributed by atoms with Crippen molar-refractivity contribution in [1.82, 2.24) is 0 Å². The number of rotatable bonds is 37. The molecule has 0 heterocycles. The predicted molar refractivity (Wildman–Crippen MR) is 214 cm³/mol. The average molecular weight is 699 g/mol. The van der Waals surface area contributed by atoms with Crippen molar-refractivity contribution < 1.29 is 24.2 Å². The standard InChI is InChI=1S/C45H78O5/c1-3-5-7-9-11-13-15-17-19-21-22-24-26-28-30-32-34-36-38-40-45(48)50-43(41-46)42-49-44(47)39-37-35-33-31-29-27-25-23-20-18-16-14-12-10-8-6-4-2/h11,13,17,19,22,24,28,30,34,36,43,46H,3-10,12,14-16,18,20-21,23,25-27,29,31-33,35,37-42H2,1-2H3/t43-/m0/s1. The zero-order valence-corrected chi connectivity index (χ0v) is 32.6. The van der Waals surface area contributed by atoms with Crippen molar-refractivity contribution in [3.8, 4) is 0 Å². The van der Waals surface area contributed by atoms with E-state index in [-0.39, 0.29) is 25.6 Å². The normalized spacial score (nSPS) is 12.8. The van der Waals surface area contributed by atoms with Crippen LogP contribution in [0.25, 0.3) is 0 Å². The topological polar surface area (TPSA) is 72.8 Å². The molecular formula is C45H78O5. The number of carbonyl (C=O) groups excluding carboxylic acids is 2. The van der Waals surface area contributed by atoms with Gasteiger partial charge in [-0.1, -0.05) is 190 Å². The molecular weight excluding hydrogens is 620 g/mol. The van der Waals surface area contributed by atoms with Gasteiger partial charge in [0.25, 0.3) is 0 Å². The number of aliphatic hydroxyl groups excluding tert-OH is 1. The summed E-state index contributed by atoms with van der Waals surface area (Å²) in [6, 6.07) is 0. The number of carbonyl (C=O) groups is 2. The van der Waals surface area contributed by atoms with Gasteiger partial charge >= 0.3 is 11.9 Å². The largest absolute Gasteiger partial charge is 0.462 e. The van der Waals surface area contributed by atoms with Crippen molar-refractivity contribution in [1.29, 1.82) is 0 Å². The van der Waals surface area contributed by atoms with Gasteiger partial charge < -0.3 is 14.6 Å². The fourth-order valence-corrected chi connectivity index (χ4v) is 5.65. The number of aliphatic hydroxyl groups is 1. The molecule has 0 saturated heterocycles. The molecule has 0 aromatic carbocycles. The summed E-state index contributed by atoms with van der Waals surface area (Å²) in [5.74, 6) is -0.684. The number of ether oxygens (including phenoxy) is 2.